The van der Waals surface area contributed by atoms with Crippen LogP contribution in [-0.2, 0) is 11.8 Å². The summed E-state index contributed by atoms with van der Waals surface area (Å²) in [5.41, 5.74) is 3.56. The van der Waals surface area contributed by atoms with E-state index >= 15 is 0 Å². The molecular formula is C19H20N4O2. The number of pyridine rings is 1. The summed E-state index contributed by atoms with van der Waals surface area (Å²) in [6.07, 6.45) is 2.14. The number of amides is 1. The number of nitrogens with zero attached hydrogens (tertiary/aromatic N) is 3. The average Bonchev–Trinajstić information content (AvgIpc) is 3.22. The van der Waals surface area contributed by atoms with Gasteiger partial charge in [-0.1, -0.05) is 30.3 Å². The van der Waals surface area contributed by atoms with Crippen molar-refractivity contribution in [2.45, 2.75) is 19.4 Å². The van der Waals surface area contributed by atoms with E-state index in [-0.39, 0.29) is 17.9 Å². The first-order chi connectivity index (χ1) is 12.1. The second-order valence-electron chi connectivity index (χ2n) is 6.49. The lowest BCUT2D eigenvalue weighted by Gasteiger charge is -2.20. The molecule has 4 rings (SSSR count). The molecule has 0 spiro atoms. The summed E-state index contributed by atoms with van der Waals surface area (Å²) < 4.78 is 8.11. The summed E-state index contributed by atoms with van der Waals surface area (Å²) in [4.78, 5) is 20.7. The van der Waals surface area contributed by atoms with Gasteiger partial charge in [0.25, 0.3) is 0 Å². The Morgan fingerprint density at radius 3 is 2.84 bits per heavy atom. The van der Waals surface area contributed by atoms with Crippen molar-refractivity contribution in [1.82, 2.24) is 19.9 Å². The number of hydrogen-bond acceptors (Lipinski definition) is 4. The van der Waals surface area contributed by atoms with Crippen LogP contribution < -0.4 is 10.1 Å². The molecule has 0 saturated carbocycles. The molecule has 6 heteroatoms. The summed E-state index contributed by atoms with van der Waals surface area (Å²) in [7, 11) is 1.93. The second kappa shape index (κ2) is 6.20. The summed E-state index contributed by atoms with van der Waals surface area (Å²) in [5.74, 6) is 0.790. The molecule has 3 heterocycles. The first-order valence-electron chi connectivity index (χ1n) is 8.42. The lowest BCUT2D eigenvalue weighted by Crippen LogP contribution is -2.26. The zero-order chi connectivity index (χ0) is 17.4. The van der Waals surface area contributed by atoms with Gasteiger partial charge in [-0.15, -0.1) is 0 Å². The van der Waals surface area contributed by atoms with Gasteiger partial charge in [-0.3, -0.25) is 4.79 Å². The van der Waals surface area contributed by atoms with Gasteiger partial charge in [0.15, 0.2) is 0 Å². The van der Waals surface area contributed by atoms with Crippen LogP contribution in [0.3, 0.4) is 0 Å². The van der Waals surface area contributed by atoms with Crippen molar-refractivity contribution in [1.29, 1.82) is 0 Å². The molecule has 2 atom stereocenters. The zero-order valence-electron chi connectivity index (χ0n) is 14.3. The Morgan fingerprint density at radius 2 is 2.12 bits per heavy atom. The first-order valence-corrected chi connectivity index (χ1v) is 8.42. The van der Waals surface area contributed by atoms with Crippen molar-refractivity contribution in [3.05, 3.63) is 42.7 Å². The van der Waals surface area contributed by atoms with Crippen LogP contribution in [0.15, 0.2) is 42.7 Å². The van der Waals surface area contributed by atoms with Gasteiger partial charge in [-0.05, 0) is 13.0 Å². The van der Waals surface area contributed by atoms with Crippen LogP contribution in [0.25, 0.3) is 22.3 Å². The summed E-state index contributed by atoms with van der Waals surface area (Å²) >= 11 is 0. The van der Waals surface area contributed by atoms with Gasteiger partial charge in [0.1, 0.15) is 11.6 Å². The fourth-order valence-corrected chi connectivity index (χ4v) is 3.21. The number of aryl methyl sites for hydroxylation is 1. The quantitative estimate of drug-likeness (QED) is 0.795. The van der Waals surface area contributed by atoms with Crippen molar-refractivity contribution in [3.8, 4) is 17.1 Å². The highest BCUT2D eigenvalue weighted by molar-refractivity contribution is 5.84. The molecule has 0 radical (unpaired) electrons. The van der Waals surface area contributed by atoms with E-state index in [0.29, 0.717) is 18.8 Å². The molecule has 1 aliphatic rings. The van der Waals surface area contributed by atoms with Crippen LogP contribution in [0.2, 0.25) is 0 Å². The van der Waals surface area contributed by atoms with Crippen LogP contribution in [0.5, 0.6) is 5.88 Å². The fourth-order valence-electron chi connectivity index (χ4n) is 3.21. The van der Waals surface area contributed by atoms with Crippen molar-refractivity contribution in [2.24, 2.45) is 13.0 Å². The topological polar surface area (TPSA) is 69.0 Å². The Labute approximate surface area is 145 Å². The zero-order valence-corrected chi connectivity index (χ0v) is 14.3. The van der Waals surface area contributed by atoms with Gasteiger partial charge < -0.3 is 14.6 Å². The second-order valence-corrected chi connectivity index (χ2v) is 6.49. The Bertz CT molecular complexity index is 920. The molecular weight excluding hydrogens is 316 g/mol. The minimum atomic E-state index is -0.115. The molecule has 0 aliphatic carbocycles. The van der Waals surface area contributed by atoms with Crippen LogP contribution in [-0.4, -0.2) is 33.1 Å². The van der Waals surface area contributed by atoms with Crippen molar-refractivity contribution in [3.63, 3.8) is 0 Å². The van der Waals surface area contributed by atoms with Gasteiger partial charge >= 0.3 is 0 Å². The van der Waals surface area contributed by atoms with Crippen LogP contribution in [0, 0.1) is 5.92 Å². The van der Waals surface area contributed by atoms with E-state index in [2.05, 4.69) is 10.3 Å². The van der Waals surface area contributed by atoms with Gasteiger partial charge in [-0.2, -0.15) is 0 Å². The Kier molecular flexibility index (Phi) is 3.87. The van der Waals surface area contributed by atoms with Gasteiger partial charge in [0, 0.05) is 31.5 Å². The molecule has 25 heavy (non-hydrogen) atoms. The van der Waals surface area contributed by atoms with E-state index in [1.165, 1.54) is 0 Å². The number of fused-ring (bicyclic) bond motifs is 1. The fraction of sp³-hybridized carbons (Fsp3) is 0.316. The van der Waals surface area contributed by atoms with E-state index in [4.69, 9.17) is 9.72 Å². The van der Waals surface area contributed by atoms with E-state index < -0.39 is 0 Å². The summed E-state index contributed by atoms with van der Waals surface area (Å²) in [6, 6.07) is 12.0. The SMILES string of the molecule is C[C@@H](Oc1nc(-c2ccccc2)cc2ncn(C)c12)C1CNC(=O)C1. The summed E-state index contributed by atoms with van der Waals surface area (Å²) in [5, 5.41) is 2.86. The maximum atomic E-state index is 11.5. The van der Waals surface area contributed by atoms with E-state index in [9.17, 15) is 4.79 Å². The molecule has 3 aromatic rings. The van der Waals surface area contributed by atoms with Crippen molar-refractivity contribution >= 4 is 16.9 Å². The smallest absolute Gasteiger partial charge is 0.241 e. The standard InChI is InChI=1S/C19H20N4O2/c1-12(14-8-17(24)20-10-14)25-19-18-16(21-11-23(18)2)9-15(22-19)13-6-4-3-5-7-13/h3-7,9,11-12,14H,8,10H2,1-2H3,(H,20,24)/t12-,14?/m1/s1. The van der Waals surface area contributed by atoms with Gasteiger partial charge in [-0.25, -0.2) is 9.97 Å². The third-order valence-corrected chi connectivity index (χ3v) is 4.70. The van der Waals surface area contributed by atoms with E-state index in [1.807, 2.05) is 54.9 Å². The number of nitrogens with one attached hydrogen (secondary N) is 1. The first kappa shape index (κ1) is 15.6. The van der Waals surface area contributed by atoms with E-state index in [1.54, 1.807) is 6.33 Å². The van der Waals surface area contributed by atoms with E-state index in [0.717, 1.165) is 22.3 Å². The van der Waals surface area contributed by atoms with Crippen LogP contribution in [0.1, 0.15) is 13.3 Å². The molecule has 1 saturated heterocycles. The number of carbonyl (C=O) groups is 1. The lowest BCUT2D eigenvalue weighted by molar-refractivity contribution is -0.119. The molecule has 1 aromatic carbocycles. The highest BCUT2D eigenvalue weighted by atomic mass is 16.5. The average molecular weight is 336 g/mol. The molecule has 1 aliphatic heterocycles. The predicted octanol–water partition coefficient (Wildman–Crippen LogP) is 2.54. The maximum Gasteiger partial charge on any atom is 0.241 e. The normalized spacial score (nSPS) is 18.3. The minimum absolute atomic E-state index is 0.0807. The Morgan fingerprint density at radius 1 is 1.32 bits per heavy atom. The minimum Gasteiger partial charge on any atom is -0.473 e. The monoisotopic (exact) mass is 336 g/mol. The highest BCUT2D eigenvalue weighted by Gasteiger charge is 2.29. The lowest BCUT2D eigenvalue weighted by atomic mass is 10.0. The largest absolute Gasteiger partial charge is 0.473 e. The molecule has 1 amide bonds. The molecule has 1 N–H and O–H groups in total. The molecule has 6 nitrogen and oxygen atoms in total. The third kappa shape index (κ3) is 2.95. The van der Waals surface area contributed by atoms with Crippen molar-refractivity contribution in [2.75, 3.05) is 6.54 Å². The molecule has 128 valence electrons. The van der Waals surface area contributed by atoms with Gasteiger partial charge in [0.05, 0.1) is 17.5 Å². The molecule has 1 fully saturated rings. The maximum absolute atomic E-state index is 11.5. The number of rotatable bonds is 4. The third-order valence-electron chi connectivity index (χ3n) is 4.70. The number of carbonyl (C=O) groups excluding carboxylic acids is 1. The number of ether oxygens (including phenoxy) is 1. The number of aromatic nitrogens is 3. The molecule has 2 aromatic heterocycles. The predicted molar refractivity (Wildman–Crippen MR) is 95.2 cm³/mol. The molecule has 0 bridgehead atoms. The van der Waals surface area contributed by atoms with Crippen LogP contribution in [0.4, 0.5) is 0 Å². The highest BCUT2D eigenvalue weighted by Crippen LogP contribution is 2.30. The number of imidazole rings is 1. The van der Waals surface area contributed by atoms with Gasteiger partial charge in [0.2, 0.25) is 11.8 Å². The number of hydrogen-bond donors (Lipinski definition) is 1. The van der Waals surface area contributed by atoms with Crippen molar-refractivity contribution < 1.29 is 9.53 Å². The Balaban J connectivity index is 1.73. The Hall–Kier alpha value is -2.89. The number of benzene rings is 1. The summed E-state index contributed by atoms with van der Waals surface area (Å²) in [6.45, 7) is 2.64. The molecule has 1 unspecified atom stereocenters. The van der Waals surface area contributed by atoms with Crippen LogP contribution >= 0.6 is 0 Å².